The Kier molecular flexibility index (Phi) is 4.98. The second kappa shape index (κ2) is 7.97. The van der Waals surface area contributed by atoms with Crippen molar-refractivity contribution in [3.63, 3.8) is 0 Å². The maximum atomic E-state index is 12.9. The fraction of sp³-hybridized carbons (Fsp3) is 0.0455. The molecule has 0 saturated heterocycles. The van der Waals surface area contributed by atoms with Gasteiger partial charge in [0.25, 0.3) is 0 Å². The fourth-order valence-electron chi connectivity index (χ4n) is 3.16. The molecule has 5 rings (SSSR count). The van der Waals surface area contributed by atoms with Crippen LogP contribution in [0.25, 0.3) is 16.9 Å². The number of halogens is 3. The lowest BCUT2D eigenvalue weighted by Gasteiger charge is -2.11. The van der Waals surface area contributed by atoms with E-state index in [0.717, 1.165) is 23.5 Å². The highest BCUT2D eigenvalue weighted by Gasteiger charge is 2.30. The molecule has 32 heavy (non-hydrogen) atoms. The number of thiophene rings is 1. The van der Waals surface area contributed by atoms with E-state index in [1.807, 2.05) is 51.7 Å². The van der Waals surface area contributed by atoms with Crippen LogP contribution in [0.2, 0.25) is 0 Å². The molecule has 0 aliphatic heterocycles. The van der Waals surface area contributed by atoms with E-state index in [1.54, 1.807) is 17.7 Å². The largest absolute Gasteiger partial charge is 0.416 e. The van der Waals surface area contributed by atoms with Gasteiger partial charge in [-0.15, -0.1) is 0 Å². The van der Waals surface area contributed by atoms with Crippen LogP contribution in [-0.4, -0.2) is 19.5 Å². The van der Waals surface area contributed by atoms with Crippen molar-refractivity contribution in [2.45, 2.75) is 6.18 Å². The molecule has 0 spiro atoms. The number of fused-ring (bicyclic) bond motifs is 1. The van der Waals surface area contributed by atoms with Crippen LogP contribution >= 0.6 is 11.3 Å². The predicted octanol–water partition coefficient (Wildman–Crippen LogP) is 6.38. The number of aromatic nitrogens is 4. The average Bonchev–Trinajstić information content (AvgIpc) is 3.44. The third kappa shape index (κ3) is 4.00. The van der Waals surface area contributed by atoms with Gasteiger partial charge in [-0.2, -0.15) is 34.5 Å². The Morgan fingerprint density at radius 3 is 2.28 bits per heavy atom. The Labute approximate surface area is 184 Å². The number of nitrogens with zero attached hydrogens (tertiary/aromatic N) is 4. The summed E-state index contributed by atoms with van der Waals surface area (Å²) in [6.07, 6.45) is -2.73. The first-order valence-corrected chi connectivity index (χ1v) is 10.5. The normalized spacial score (nSPS) is 11.6. The highest BCUT2D eigenvalue weighted by atomic mass is 32.1. The zero-order valence-corrected chi connectivity index (χ0v) is 17.2. The molecular formula is C22H15F3N6S. The lowest BCUT2D eigenvalue weighted by Crippen LogP contribution is -2.06. The second-order valence-electron chi connectivity index (χ2n) is 6.86. The minimum atomic E-state index is -4.40. The molecule has 0 amide bonds. The molecule has 0 fully saturated rings. The van der Waals surface area contributed by atoms with Crippen molar-refractivity contribution in [2.24, 2.45) is 0 Å². The van der Waals surface area contributed by atoms with Gasteiger partial charge in [0.05, 0.1) is 11.3 Å². The Balaban J connectivity index is 1.56. The summed E-state index contributed by atoms with van der Waals surface area (Å²) >= 11 is 1.55. The molecule has 0 radical (unpaired) electrons. The molecule has 6 nitrogen and oxygen atoms in total. The molecule has 2 aromatic carbocycles. The van der Waals surface area contributed by atoms with Gasteiger partial charge >= 0.3 is 6.18 Å². The van der Waals surface area contributed by atoms with E-state index in [-0.39, 0.29) is 5.95 Å². The van der Waals surface area contributed by atoms with Crippen LogP contribution in [0.4, 0.5) is 36.3 Å². The van der Waals surface area contributed by atoms with Gasteiger partial charge in [0, 0.05) is 16.8 Å². The zero-order chi connectivity index (χ0) is 22.1. The van der Waals surface area contributed by atoms with Crippen LogP contribution < -0.4 is 10.6 Å². The summed E-state index contributed by atoms with van der Waals surface area (Å²) in [5, 5.41) is 10.2. The number of nitrogens with one attached hydrogen (secondary N) is 2. The molecule has 0 aliphatic carbocycles. The number of anilines is 4. The summed E-state index contributed by atoms with van der Waals surface area (Å²) in [5.74, 6) is 0.706. The molecular weight excluding hydrogens is 437 g/mol. The maximum absolute atomic E-state index is 12.9. The van der Waals surface area contributed by atoms with Crippen molar-refractivity contribution >= 4 is 45.6 Å². The third-order valence-corrected chi connectivity index (χ3v) is 5.36. The van der Waals surface area contributed by atoms with Gasteiger partial charge in [0.15, 0.2) is 17.0 Å². The van der Waals surface area contributed by atoms with E-state index in [0.29, 0.717) is 22.7 Å². The molecule has 3 heterocycles. The monoisotopic (exact) mass is 452 g/mol. The fourth-order valence-corrected chi connectivity index (χ4v) is 3.78. The van der Waals surface area contributed by atoms with Crippen LogP contribution in [-0.2, 0) is 6.18 Å². The number of para-hydroxylation sites is 1. The Hall–Kier alpha value is -3.92. The van der Waals surface area contributed by atoms with Crippen molar-refractivity contribution < 1.29 is 13.2 Å². The van der Waals surface area contributed by atoms with Crippen LogP contribution in [0.1, 0.15) is 5.56 Å². The topological polar surface area (TPSA) is 67.7 Å². The summed E-state index contributed by atoms with van der Waals surface area (Å²) in [6.45, 7) is 0. The Morgan fingerprint density at radius 2 is 1.59 bits per heavy atom. The smallest absolute Gasteiger partial charge is 0.338 e. The van der Waals surface area contributed by atoms with Crippen molar-refractivity contribution in [1.29, 1.82) is 0 Å². The van der Waals surface area contributed by atoms with E-state index < -0.39 is 11.7 Å². The summed E-state index contributed by atoms with van der Waals surface area (Å²) in [5.41, 5.74) is 2.57. The summed E-state index contributed by atoms with van der Waals surface area (Å²) in [7, 11) is 0. The highest BCUT2D eigenvalue weighted by Crippen LogP contribution is 2.31. The van der Waals surface area contributed by atoms with Crippen LogP contribution in [0.5, 0.6) is 0 Å². The molecule has 160 valence electrons. The maximum Gasteiger partial charge on any atom is 0.416 e. The molecule has 2 N–H and O–H groups in total. The summed E-state index contributed by atoms with van der Waals surface area (Å²) < 4.78 is 40.4. The molecule has 10 heteroatoms. The first kappa shape index (κ1) is 20.0. The number of imidazole rings is 1. The Bertz CT molecular complexity index is 1350. The summed E-state index contributed by atoms with van der Waals surface area (Å²) in [4.78, 5) is 13.6. The molecule has 0 atom stereocenters. The first-order chi connectivity index (χ1) is 15.5. The molecule has 0 bridgehead atoms. The minimum Gasteiger partial charge on any atom is -0.338 e. The van der Waals surface area contributed by atoms with Crippen LogP contribution in [0.3, 0.4) is 0 Å². The molecule has 0 aliphatic rings. The number of alkyl halides is 3. The molecule has 3 aromatic heterocycles. The van der Waals surface area contributed by atoms with Gasteiger partial charge in [0.2, 0.25) is 5.95 Å². The van der Waals surface area contributed by atoms with Gasteiger partial charge in [-0.3, -0.25) is 4.57 Å². The van der Waals surface area contributed by atoms with E-state index in [4.69, 9.17) is 0 Å². The van der Waals surface area contributed by atoms with E-state index in [1.165, 1.54) is 12.1 Å². The minimum absolute atomic E-state index is 0.229. The Morgan fingerprint density at radius 1 is 0.844 bits per heavy atom. The van der Waals surface area contributed by atoms with Gasteiger partial charge in [-0.05, 0) is 47.8 Å². The zero-order valence-electron chi connectivity index (χ0n) is 16.3. The van der Waals surface area contributed by atoms with Crippen LogP contribution in [0.15, 0.2) is 77.8 Å². The standard InChI is InChI=1S/C22H15F3N6S/c23-22(24,25)14-6-8-16(9-7-14)28-21-29-19(27-15-4-2-1-3-5-15)18-20(30-21)31(13-26-18)17-10-11-32-12-17/h1-13H,(H2,27,28,29,30). The number of benzene rings is 2. The highest BCUT2D eigenvalue weighted by molar-refractivity contribution is 7.08. The van der Waals surface area contributed by atoms with E-state index in [2.05, 4.69) is 25.6 Å². The van der Waals surface area contributed by atoms with Crippen molar-refractivity contribution in [1.82, 2.24) is 19.5 Å². The lowest BCUT2D eigenvalue weighted by atomic mass is 10.2. The van der Waals surface area contributed by atoms with Gasteiger partial charge in [-0.25, -0.2) is 4.98 Å². The molecule has 0 saturated carbocycles. The van der Waals surface area contributed by atoms with Crippen molar-refractivity contribution in [3.05, 3.63) is 83.3 Å². The van der Waals surface area contributed by atoms with E-state index >= 15 is 0 Å². The van der Waals surface area contributed by atoms with Gasteiger partial charge in [-0.1, -0.05) is 18.2 Å². The van der Waals surface area contributed by atoms with E-state index in [9.17, 15) is 13.2 Å². The number of hydrogen-bond acceptors (Lipinski definition) is 6. The SMILES string of the molecule is FC(F)(F)c1ccc(Nc2nc(Nc3ccccc3)c3ncn(-c4ccsc4)c3n2)cc1. The molecule has 5 aromatic rings. The first-order valence-electron chi connectivity index (χ1n) is 9.51. The number of hydrogen-bond donors (Lipinski definition) is 2. The number of rotatable bonds is 5. The second-order valence-corrected chi connectivity index (χ2v) is 7.64. The average molecular weight is 452 g/mol. The van der Waals surface area contributed by atoms with Gasteiger partial charge < -0.3 is 10.6 Å². The van der Waals surface area contributed by atoms with Crippen LogP contribution in [0, 0.1) is 0 Å². The molecule has 0 unspecified atom stereocenters. The van der Waals surface area contributed by atoms with Crippen molar-refractivity contribution in [2.75, 3.05) is 10.6 Å². The van der Waals surface area contributed by atoms with Gasteiger partial charge in [0.1, 0.15) is 6.33 Å². The van der Waals surface area contributed by atoms with Crippen molar-refractivity contribution in [3.8, 4) is 5.69 Å². The quantitative estimate of drug-likeness (QED) is 0.324. The predicted molar refractivity (Wildman–Crippen MR) is 119 cm³/mol. The lowest BCUT2D eigenvalue weighted by molar-refractivity contribution is -0.137. The third-order valence-electron chi connectivity index (χ3n) is 4.69. The summed E-state index contributed by atoms with van der Waals surface area (Å²) in [6, 6.07) is 16.1.